The predicted molar refractivity (Wildman–Crippen MR) is 96.8 cm³/mol. The van der Waals surface area contributed by atoms with Crippen LogP contribution in [0.1, 0.15) is 34.5 Å². The molecule has 4 rings (SSSR count). The van der Waals surface area contributed by atoms with Crippen molar-refractivity contribution in [1.29, 1.82) is 0 Å². The Hall–Kier alpha value is -2.83. The monoisotopic (exact) mass is 371 g/mol. The molecule has 0 saturated heterocycles. The summed E-state index contributed by atoms with van der Waals surface area (Å²) in [7, 11) is 0. The standard InChI is InChI=1S/C20H19F2N3O2/c1-11-3-5-13(6-4-11)16-9-15(18-12(2)24-27-19(18)23-16)20(26)25(10-17(21)22)14-7-8-14/h3-6,9,14,17H,7-8,10H2,1-2H3. The first-order valence-electron chi connectivity index (χ1n) is 8.87. The second kappa shape index (κ2) is 6.72. The zero-order valence-corrected chi connectivity index (χ0v) is 15.1. The Kier molecular flexibility index (Phi) is 4.37. The number of amides is 1. The van der Waals surface area contributed by atoms with Gasteiger partial charge >= 0.3 is 0 Å². The van der Waals surface area contributed by atoms with Gasteiger partial charge in [0.1, 0.15) is 0 Å². The highest BCUT2D eigenvalue weighted by atomic mass is 19.3. The fraction of sp³-hybridized carbons (Fsp3) is 0.350. The number of aromatic nitrogens is 2. The van der Waals surface area contributed by atoms with E-state index in [1.54, 1.807) is 13.0 Å². The van der Waals surface area contributed by atoms with Crippen molar-refractivity contribution in [2.45, 2.75) is 39.2 Å². The normalized spacial score (nSPS) is 14.1. The number of hydrogen-bond donors (Lipinski definition) is 0. The lowest BCUT2D eigenvalue weighted by Gasteiger charge is -2.22. The molecule has 1 fully saturated rings. The Morgan fingerprint density at radius 3 is 2.59 bits per heavy atom. The summed E-state index contributed by atoms with van der Waals surface area (Å²) in [6, 6.07) is 9.22. The van der Waals surface area contributed by atoms with E-state index >= 15 is 0 Å². The first-order valence-corrected chi connectivity index (χ1v) is 8.87. The van der Waals surface area contributed by atoms with Crippen LogP contribution in [-0.4, -0.2) is 40.0 Å². The maximum Gasteiger partial charge on any atom is 0.259 e. The molecule has 3 aromatic rings. The molecule has 1 aromatic carbocycles. The van der Waals surface area contributed by atoms with Crippen LogP contribution in [0.3, 0.4) is 0 Å². The summed E-state index contributed by atoms with van der Waals surface area (Å²) >= 11 is 0. The third-order valence-electron chi connectivity index (χ3n) is 4.78. The fourth-order valence-corrected chi connectivity index (χ4v) is 3.22. The number of nitrogens with zero attached hydrogens (tertiary/aromatic N) is 3. The summed E-state index contributed by atoms with van der Waals surface area (Å²) in [4.78, 5) is 18.9. The van der Waals surface area contributed by atoms with Gasteiger partial charge in [0.25, 0.3) is 18.0 Å². The van der Waals surface area contributed by atoms with Gasteiger partial charge in [-0.25, -0.2) is 13.8 Å². The van der Waals surface area contributed by atoms with E-state index in [0.717, 1.165) is 24.0 Å². The number of fused-ring (bicyclic) bond motifs is 1. The van der Waals surface area contributed by atoms with Crippen LogP contribution in [0, 0.1) is 13.8 Å². The van der Waals surface area contributed by atoms with Crippen LogP contribution in [0.25, 0.3) is 22.4 Å². The Morgan fingerprint density at radius 1 is 1.26 bits per heavy atom. The van der Waals surface area contributed by atoms with Gasteiger partial charge in [-0.3, -0.25) is 4.79 Å². The van der Waals surface area contributed by atoms with Gasteiger partial charge in [-0.2, -0.15) is 0 Å². The molecule has 0 aliphatic heterocycles. The molecule has 140 valence electrons. The van der Waals surface area contributed by atoms with E-state index in [1.165, 1.54) is 4.90 Å². The van der Waals surface area contributed by atoms with Crippen molar-refractivity contribution in [1.82, 2.24) is 15.0 Å². The van der Waals surface area contributed by atoms with Gasteiger partial charge in [-0.05, 0) is 32.8 Å². The van der Waals surface area contributed by atoms with Crippen LogP contribution in [0.2, 0.25) is 0 Å². The average molecular weight is 371 g/mol. The number of aryl methyl sites for hydroxylation is 2. The zero-order valence-electron chi connectivity index (χ0n) is 15.1. The molecule has 5 nitrogen and oxygen atoms in total. The summed E-state index contributed by atoms with van der Waals surface area (Å²) in [5.74, 6) is -0.426. The lowest BCUT2D eigenvalue weighted by Crippen LogP contribution is -2.37. The molecule has 2 aromatic heterocycles. The number of benzene rings is 1. The Bertz CT molecular complexity index is 994. The van der Waals surface area contributed by atoms with Crippen LogP contribution in [-0.2, 0) is 0 Å². The van der Waals surface area contributed by atoms with Crippen LogP contribution in [0.15, 0.2) is 34.9 Å². The van der Waals surface area contributed by atoms with Crippen LogP contribution in [0.5, 0.6) is 0 Å². The number of halogens is 2. The molecule has 1 aliphatic rings. The molecule has 2 heterocycles. The zero-order chi connectivity index (χ0) is 19.1. The first kappa shape index (κ1) is 17.6. The van der Waals surface area contributed by atoms with Crippen molar-refractivity contribution in [3.05, 3.63) is 47.2 Å². The predicted octanol–water partition coefficient (Wildman–Crippen LogP) is 4.38. The van der Waals surface area contributed by atoms with E-state index in [1.807, 2.05) is 31.2 Å². The van der Waals surface area contributed by atoms with Crippen molar-refractivity contribution in [3.63, 3.8) is 0 Å². The van der Waals surface area contributed by atoms with Crippen molar-refractivity contribution in [3.8, 4) is 11.3 Å². The number of rotatable bonds is 5. The lowest BCUT2D eigenvalue weighted by molar-refractivity contribution is 0.0536. The Balaban J connectivity index is 1.83. The summed E-state index contributed by atoms with van der Waals surface area (Å²) in [5, 5.41) is 4.39. The molecule has 0 atom stereocenters. The van der Waals surface area contributed by atoms with Gasteiger partial charge in [-0.15, -0.1) is 0 Å². The van der Waals surface area contributed by atoms with Crippen LogP contribution >= 0.6 is 0 Å². The maximum absolute atomic E-state index is 13.2. The van der Waals surface area contributed by atoms with E-state index in [4.69, 9.17) is 4.52 Å². The van der Waals surface area contributed by atoms with E-state index in [2.05, 4.69) is 10.1 Å². The third-order valence-corrected chi connectivity index (χ3v) is 4.78. The van der Waals surface area contributed by atoms with Gasteiger partial charge < -0.3 is 9.42 Å². The smallest absolute Gasteiger partial charge is 0.259 e. The highest BCUT2D eigenvalue weighted by Crippen LogP contribution is 2.33. The van der Waals surface area contributed by atoms with Crippen molar-refractivity contribution in [2.75, 3.05) is 6.54 Å². The minimum atomic E-state index is -2.58. The minimum absolute atomic E-state index is 0.127. The quantitative estimate of drug-likeness (QED) is 0.668. The first-order chi connectivity index (χ1) is 12.9. The molecule has 0 radical (unpaired) electrons. The molecule has 0 unspecified atom stereocenters. The number of pyridine rings is 1. The Labute approximate surface area is 155 Å². The summed E-state index contributed by atoms with van der Waals surface area (Å²) in [5.41, 5.74) is 3.53. The third kappa shape index (κ3) is 3.41. The van der Waals surface area contributed by atoms with Gasteiger partial charge in [0.2, 0.25) is 0 Å². The molecule has 0 bridgehead atoms. The largest absolute Gasteiger partial charge is 0.335 e. The highest BCUT2D eigenvalue weighted by molar-refractivity contribution is 6.07. The SMILES string of the molecule is Cc1ccc(-c2cc(C(=O)N(CC(F)F)C3CC3)c3c(C)noc3n2)cc1. The maximum atomic E-state index is 13.2. The van der Waals surface area contributed by atoms with Gasteiger partial charge in [0.15, 0.2) is 0 Å². The summed E-state index contributed by atoms with van der Waals surface area (Å²) in [6.07, 6.45) is -1.08. The minimum Gasteiger partial charge on any atom is -0.335 e. The molecule has 7 heteroatoms. The molecule has 0 spiro atoms. The van der Waals surface area contributed by atoms with Crippen molar-refractivity contribution >= 4 is 17.0 Å². The van der Waals surface area contributed by atoms with Crippen molar-refractivity contribution < 1.29 is 18.1 Å². The van der Waals surface area contributed by atoms with E-state index < -0.39 is 18.9 Å². The number of carbonyl (C=O) groups excluding carboxylic acids is 1. The van der Waals surface area contributed by atoms with E-state index in [0.29, 0.717) is 22.3 Å². The molecular formula is C20H19F2N3O2. The molecular weight excluding hydrogens is 352 g/mol. The van der Waals surface area contributed by atoms with Crippen LogP contribution < -0.4 is 0 Å². The second-order valence-corrected chi connectivity index (χ2v) is 6.95. The second-order valence-electron chi connectivity index (χ2n) is 6.95. The molecule has 27 heavy (non-hydrogen) atoms. The highest BCUT2D eigenvalue weighted by Gasteiger charge is 2.36. The number of hydrogen-bond acceptors (Lipinski definition) is 4. The summed E-state index contributed by atoms with van der Waals surface area (Å²) in [6.45, 7) is 3.12. The van der Waals surface area contributed by atoms with E-state index in [9.17, 15) is 13.6 Å². The molecule has 1 saturated carbocycles. The average Bonchev–Trinajstić information content (AvgIpc) is 3.42. The summed E-state index contributed by atoms with van der Waals surface area (Å²) < 4.78 is 31.3. The van der Waals surface area contributed by atoms with Crippen molar-refractivity contribution in [2.24, 2.45) is 0 Å². The molecule has 1 amide bonds. The van der Waals surface area contributed by atoms with Gasteiger partial charge in [0.05, 0.1) is 28.9 Å². The topological polar surface area (TPSA) is 59.2 Å². The van der Waals surface area contributed by atoms with Gasteiger partial charge in [0, 0.05) is 11.6 Å². The lowest BCUT2D eigenvalue weighted by atomic mass is 10.0. The molecule has 0 N–H and O–H groups in total. The van der Waals surface area contributed by atoms with E-state index in [-0.39, 0.29) is 11.8 Å². The van der Waals surface area contributed by atoms with Gasteiger partial charge in [-0.1, -0.05) is 35.0 Å². The Morgan fingerprint density at radius 2 is 1.96 bits per heavy atom. The van der Waals surface area contributed by atoms with Crippen LogP contribution in [0.4, 0.5) is 8.78 Å². The fourth-order valence-electron chi connectivity index (χ4n) is 3.22. The molecule has 1 aliphatic carbocycles. The number of carbonyl (C=O) groups is 1. The number of alkyl halides is 2.